The zero-order chi connectivity index (χ0) is 15.8. The van der Waals surface area contributed by atoms with Crippen LogP contribution < -0.4 is 8.92 Å². The predicted octanol–water partition coefficient (Wildman–Crippen LogP) is 2.28. The molecule has 0 amide bonds. The molecule has 2 aromatic carbocycles. The minimum absolute atomic E-state index is 0.277. The first kappa shape index (κ1) is 17.5. The monoisotopic (exact) mass is 426 g/mol. The quantitative estimate of drug-likeness (QED) is 0.677. The molecule has 116 valence electrons. The Labute approximate surface area is 146 Å². The summed E-state index contributed by atoms with van der Waals surface area (Å²) in [4.78, 5) is 2.42. The summed E-state index contributed by atoms with van der Waals surface area (Å²) in [6, 6.07) is 17.7. The van der Waals surface area contributed by atoms with Gasteiger partial charge in [-0.2, -0.15) is 0 Å². The van der Waals surface area contributed by atoms with E-state index in [-0.39, 0.29) is 6.61 Å². The summed E-state index contributed by atoms with van der Waals surface area (Å²) in [7, 11) is 0. The van der Waals surface area contributed by atoms with Crippen LogP contribution in [-0.4, -0.2) is 41.6 Å². The molecule has 0 aromatic heterocycles. The van der Waals surface area contributed by atoms with E-state index in [9.17, 15) is 0 Å². The summed E-state index contributed by atoms with van der Waals surface area (Å²) in [6.07, 6.45) is 1.88. The first-order valence-corrected chi connectivity index (χ1v) is 11.0. The topological polar surface area (TPSA) is 20.2 Å². The Kier molecular flexibility index (Phi) is 7.45. The van der Waals surface area contributed by atoms with E-state index in [4.69, 9.17) is 5.11 Å². The Hall–Kier alpha value is -0.821. The molecular weight excluding hydrogens is 402 g/mol. The van der Waals surface area contributed by atoms with Crippen molar-refractivity contribution in [3.05, 3.63) is 69.1 Å². The zero-order valence-electron chi connectivity index (χ0n) is 13.1. The van der Waals surface area contributed by atoms with Crippen LogP contribution in [0.15, 0.2) is 58.0 Å². The molecule has 0 saturated carbocycles. The number of hydrogen-bond acceptors (Lipinski definition) is 1. The first-order chi connectivity index (χ1) is 10.7. The number of hydrogen-bond donors (Lipinski definition) is 1. The van der Waals surface area contributed by atoms with Gasteiger partial charge in [-0.1, -0.05) is 0 Å². The maximum atomic E-state index is 9.12. The second kappa shape index (κ2) is 9.35. The Morgan fingerprint density at radius 1 is 0.909 bits per heavy atom. The van der Waals surface area contributed by atoms with Gasteiger partial charge < -0.3 is 0 Å². The second-order valence-electron chi connectivity index (χ2n) is 5.26. The number of benzene rings is 2. The second-order valence-corrected chi connectivity index (χ2v) is 9.75. The summed E-state index contributed by atoms with van der Waals surface area (Å²) in [5.41, 5.74) is 2.62. The van der Waals surface area contributed by atoms with Gasteiger partial charge in [0.05, 0.1) is 0 Å². The van der Waals surface area contributed by atoms with E-state index in [2.05, 4.69) is 67.4 Å². The van der Waals surface area contributed by atoms with Crippen molar-refractivity contribution in [3.63, 3.8) is 0 Å². The summed E-state index contributed by atoms with van der Waals surface area (Å²) >= 11 is 0.750. The standard InChI is InChI=1S/C19H22OSe2/c1-15-5-9-17(10-6-15)21-14-19(4-3-13-20)22-18-11-7-16(2)8-12-18/h5-12,14,20H,3-4,13H2,1-2H3/b19-14-. The Balaban J connectivity index is 2.05. The van der Waals surface area contributed by atoms with E-state index >= 15 is 0 Å². The van der Waals surface area contributed by atoms with Crippen LogP contribution >= 0.6 is 0 Å². The molecule has 0 radical (unpaired) electrons. The van der Waals surface area contributed by atoms with Crippen molar-refractivity contribution in [2.75, 3.05) is 6.61 Å². The first-order valence-electron chi connectivity index (χ1n) is 7.45. The van der Waals surface area contributed by atoms with Gasteiger partial charge in [-0.3, -0.25) is 0 Å². The molecule has 0 heterocycles. The van der Waals surface area contributed by atoms with Gasteiger partial charge >= 0.3 is 146 Å². The van der Waals surface area contributed by atoms with Crippen LogP contribution in [0.5, 0.6) is 0 Å². The van der Waals surface area contributed by atoms with Crippen molar-refractivity contribution in [3.8, 4) is 0 Å². The van der Waals surface area contributed by atoms with Crippen LogP contribution in [0.2, 0.25) is 0 Å². The molecule has 0 fully saturated rings. The van der Waals surface area contributed by atoms with E-state index < -0.39 is 0 Å². The SMILES string of the molecule is Cc1ccc([Se]/C=C(/CCCO)[Se]c2ccc(C)cc2)cc1. The van der Waals surface area contributed by atoms with Crippen molar-refractivity contribution in [1.82, 2.24) is 0 Å². The van der Waals surface area contributed by atoms with Gasteiger partial charge in [-0.05, 0) is 0 Å². The van der Waals surface area contributed by atoms with Crippen LogP contribution in [0.3, 0.4) is 0 Å². The number of aryl methyl sites for hydroxylation is 2. The van der Waals surface area contributed by atoms with Crippen LogP contribution in [0.1, 0.15) is 24.0 Å². The average Bonchev–Trinajstić information content (AvgIpc) is 2.53. The molecular formula is C19H22OSe2. The van der Waals surface area contributed by atoms with E-state index in [1.54, 1.807) is 0 Å². The van der Waals surface area contributed by atoms with Gasteiger partial charge in [-0.25, -0.2) is 0 Å². The summed E-state index contributed by atoms with van der Waals surface area (Å²) in [5, 5.41) is 9.12. The van der Waals surface area contributed by atoms with Crippen LogP contribution in [0, 0.1) is 13.8 Å². The Bertz CT molecular complexity index is 600. The summed E-state index contributed by atoms with van der Waals surface area (Å²) in [6.45, 7) is 4.53. The number of allylic oxidation sites excluding steroid dienone is 1. The third kappa shape index (κ3) is 6.12. The molecule has 0 saturated heterocycles. The van der Waals surface area contributed by atoms with Crippen molar-refractivity contribution in [1.29, 1.82) is 0 Å². The van der Waals surface area contributed by atoms with Gasteiger partial charge in [0.15, 0.2) is 0 Å². The molecule has 0 unspecified atom stereocenters. The van der Waals surface area contributed by atoms with E-state index in [1.165, 1.54) is 24.5 Å². The van der Waals surface area contributed by atoms with Crippen molar-refractivity contribution < 1.29 is 5.11 Å². The van der Waals surface area contributed by atoms with E-state index in [0.29, 0.717) is 29.9 Å². The van der Waals surface area contributed by atoms with E-state index in [0.717, 1.165) is 12.8 Å². The van der Waals surface area contributed by atoms with E-state index in [1.807, 2.05) is 0 Å². The molecule has 0 spiro atoms. The molecule has 2 aromatic rings. The van der Waals surface area contributed by atoms with Crippen molar-refractivity contribution in [2.24, 2.45) is 0 Å². The maximum absolute atomic E-state index is 9.12. The molecule has 0 bridgehead atoms. The molecule has 0 aliphatic carbocycles. The molecule has 1 N–H and O–H groups in total. The number of aliphatic hydroxyl groups excluding tert-OH is 1. The molecule has 0 aliphatic rings. The number of rotatable bonds is 7. The van der Waals surface area contributed by atoms with Crippen LogP contribution in [0.4, 0.5) is 0 Å². The van der Waals surface area contributed by atoms with Gasteiger partial charge in [-0.15, -0.1) is 0 Å². The van der Waals surface area contributed by atoms with Crippen molar-refractivity contribution >= 4 is 38.8 Å². The molecule has 0 aliphatic heterocycles. The Morgan fingerprint density at radius 2 is 1.45 bits per heavy atom. The molecule has 1 nitrogen and oxygen atoms in total. The fourth-order valence-corrected chi connectivity index (χ4v) is 6.19. The number of aliphatic hydroxyl groups is 1. The predicted molar refractivity (Wildman–Crippen MR) is 97.5 cm³/mol. The molecule has 22 heavy (non-hydrogen) atoms. The average molecular weight is 424 g/mol. The molecule has 2 rings (SSSR count). The van der Waals surface area contributed by atoms with Gasteiger partial charge in [0.25, 0.3) is 0 Å². The van der Waals surface area contributed by atoms with Crippen molar-refractivity contribution in [2.45, 2.75) is 26.7 Å². The Morgan fingerprint density at radius 3 is 2.00 bits per heavy atom. The third-order valence-electron chi connectivity index (χ3n) is 3.20. The summed E-state index contributed by atoms with van der Waals surface area (Å²) < 4.78 is 4.34. The zero-order valence-corrected chi connectivity index (χ0v) is 16.5. The third-order valence-corrected chi connectivity index (χ3v) is 8.23. The summed E-state index contributed by atoms with van der Waals surface area (Å²) in [5.74, 6) is 0. The van der Waals surface area contributed by atoms with Gasteiger partial charge in [0.2, 0.25) is 0 Å². The molecule has 0 atom stereocenters. The minimum atomic E-state index is 0.277. The fraction of sp³-hybridized carbons (Fsp3) is 0.263. The van der Waals surface area contributed by atoms with Gasteiger partial charge in [0.1, 0.15) is 0 Å². The van der Waals surface area contributed by atoms with Crippen LogP contribution in [0.25, 0.3) is 0 Å². The van der Waals surface area contributed by atoms with Crippen LogP contribution in [-0.2, 0) is 0 Å². The fourth-order valence-electron chi connectivity index (χ4n) is 1.90. The molecule has 3 heteroatoms. The van der Waals surface area contributed by atoms with Gasteiger partial charge in [0, 0.05) is 0 Å². The normalized spacial score (nSPS) is 11.7.